The van der Waals surface area contributed by atoms with Gasteiger partial charge in [-0.3, -0.25) is 4.90 Å². The number of quaternary nitrogens is 1. The monoisotopic (exact) mass is 215 g/mol. The molecule has 1 amide bonds. The summed E-state index contributed by atoms with van der Waals surface area (Å²) < 4.78 is -0.451. The maximum absolute atomic E-state index is 11.8. The predicted molar refractivity (Wildman–Crippen MR) is 56.4 cm³/mol. The van der Waals surface area contributed by atoms with Crippen molar-refractivity contribution in [1.82, 2.24) is 10.2 Å². The lowest BCUT2D eigenvalue weighted by molar-refractivity contribution is -1.04. The molecule has 1 heterocycles. The van der Waals surface area contributed by atoms with Gasteiger partial charge in [-0.15, -0.1) is 4.65 Å². The number of likely N-dealkylation sites (N-methyl/N-ethyl adjacent to an activating group) is 1. The summed E-state index contributed by atoms with van der Waals surface area (Å²) in [5.41, 5.74) is 0. The molecule has 5 nitrogen and oxygen atoms in total. The molecule has 0 atom stereocenters. The molecule has 1 rings (SSSR count). The summed E-state index contributed by atoms with van der Waals surface area (Å²) >= 11 is 0. The van der Waals surface area contributed by atoms with Gasteiger partial charge in [0.25, 0.3) is 0 Å². The number of carbonyl (C=O) groups is 1. The van der Waals surface area contributed by atoms with E-state index in [0.29, 0.717) is 19.6 Å². The van der Waals surface area contributed by atoms with Crippen LogP contribution in [0.4, 0.5) is 0 Å². The van der Waals surface area contributed by atoms with Crippen molar-refractivity contribution in [1.29, 1.82) is 0 Å². The number of piperazine rings is 1. The average molecular weight is 215 g/mol. The summed E-state index contributed by atoms with van der Waals surface area (Å²) in [5.74, 6) is -0.109. The first kappa shape index (κ1) is 12.6. The van der Waals surface area contributed by atoms with E-state index in [-0.39, 0.29) is 5.91 Å². The van der Waals surface area contributed by atoms with Crippen LogP contribution < -0.4 is 5.32 Å². The SMILES string of the molecule is CC[N+](O)(CC)C(=O)CN1CC[N]CC1. The fourth-order valence-electron chi connectivity index (χ4n) is 1.71. The molecule has 0 aromatic rings. The van der Waals surface area contributed by atoms with E-state index in [9.17, 15) is 10.0 Å². The molecule has 0 spiro atoms. The number of hydrogen-bond acceptors (Lipinski definition) is 3. The van der Waals surface area contributed by atoms with E-state index in [0.717, 1.165) is 26.2 Å². The molecule has 0 aliphatic carbocycles. The van der Waals surface area contributed by atoms with Gasteiger partial charge in [-0.05, 0) is 13.8 Å². The maximum atomic E-state index is 11.8. The molecular formula is C10H21N3O2+. The van der Waals surface area contributed by atoms with Gasteiger partial charge in [-0.25, -0.2) is 15.3 Å². The van der Waals surface area contributed by atoms with Crippen molar-refractivity contribution in [2.75, 3.05) is 45.8 Å². The van der Waals surface area contributed by atoms with Crippen LogP contribution >= 0.6 is 0 Å². The number of rotatable bonds is 4. The molecule has 5 heteroatoms. The van der Waals surface area contributed by atoms with Crippen LogP contribution in [-0.4, -0.2) is 66.5 Å². The van der Waals surface area contributed by atoms with Crippen molar-refractivity contribution in [3.8, 4) is 0 Å². The van der Waals surface area contributed by atoms with Crippen LogP contribution in [0.1, 0.15) is 13.8 Å². The smallest absolute Gasteiger partial charge is 0.288 e. The molecule has 1 saturated heterocycles. The number of amides is 1. The second-order valence-electron chi connectivity index (χ2n) is 3.90. The summed E-state index contributed by atoms with van der Waals surface area (Å²) in [6, 6.07) is 0. The van der Waals surface area contributed by atoms with Gasteiger partial charge in [-0.2, -0.15) is 0 Å². The number of nitrogens with zero attached hydrogens (tertiary/aromatic N) is 3. The Labute approximate surface area is 91.2 Å². The third-order valence-corrected chi connectivity index (χ3v) is 3.02. The molecule has 0 aromatic heterocycles. The largest absolute Gasteiger partial charge is 0.359 e. The summed E-state index contributed by atoms with van der Waals surface area (Å²) in [7, 11) is 0. The molecule has 1 N–H and O–H groups in total. The molecule has 1 aliphatic heterocycles. The fraction of sp³-hybridized carbons (Fsp3) is 0.900. The van der Waals surface area contributed by atoms with E-state index in [1.807, 2.05) is 13.8 Å². The Hall–Kier alpha value is -0.490. The molecule has 15 heavy (non-hydrogen) atoms. The molecule has 0 saturated carbocycles. The molecule has 0 bridgehead atoms. The first-order valence-corrected chi connectivity index (χ1v) is 5.61. The minimum absolute atomic E-state index is 0.109. The highest BCUT2D eigenvalue weighted by molar-refractivity contribution is 5.70. The van der Waals surface area contributed by atoms with Gasteiger partial charge in [0.1, 0.15) is 19.6 Å². The molecule has 1 fully saturated rings. The van der Waals surface area contributed by atoms with E-state index in [1.54, 1.807) is 0 Å². The van der Waals surface area contributed by atoms with Gasteiger partial charge in [0, 0.05) is 26.2 Å². The molecule has 0 unspecified atom stereocenters. The first-order valence-electron chi connectivity index (χ1n) is 5.61. The van der Waals surface area contributed by atoms with E-state index in [2.05, 4.69) is 10.2 Å². The Balaban J connectivity index is 2.45. The van der Waals surface area contributed by atoms with Crippen LogP contribution in [0.5, 0.6) is 0 Å². The van der Waals surface area contributed by atoms with Crippen LogP contribution in [0.3, 0.4) is 0 Å². The number of hydroxylamine groups is 3. The molecule has 1 radical (unpaired) electrons. The molecule has 0 aromatic carbocycles. The van der Waals surface area contributed by atoms with E-state index >= 15 is 0 Å². The zero-order valence-corrected chi connectivity index (χ0v) is 9.65. The van der Waals surface area contributed by atoms with Crippen molar-refractivity contribution in [3.05, 3.63) is 0 Å². The van der Waals surface area contributed by atoms with Gasteiger partial charge >= 0.3 is 5.91 Å². The highest BCUT2D eigenvalue weighted by Crippen LogP contribution is 2.04. The van der Waals surface area contributed by atoms with E-state index in [4.69, 9.17) is 0 Å². The van der Waals surface area contributed by atoms with Gasteiger partial charge in [0.15, 0.2) is 0 Å². The second-order valence-corrected chi connectivity index (χ2v) is 3.90. The van der Waals surface area contributed by atoms with Crippen LogP contribution in [0, 0.1) is 0 Å². The molecule has 87 valence electrons. The second kappa shape index (κ2) is 5.55. The van der Waals surface area contributed by atoms with Crippen molar-refractivity contribution in [3.63, 3.8) is 0 Å². The number of hydrogen-bond donors (Lipinski definition) is 1. The van der Waals surface area contributed by atoms with Gasteiger partial charge in [0.2, 0.25) is 0 Å². The van der Waals surface area contributed by atoms with Crippen molar-refractivity contribution < 1.29 is 14.6 Å². The van der Waals surface area contributed by atoms with E-state index in [1.165, 1.54) is 0 Å². The first-order chi connectivity index (χ1) is 7.12. The topological polar surface area (TPSA) is 54.6 Å². The minimum atomic E-state index is -0.451. The van der Waals surface area contributed by atoms with Crippen LogP contribution in [0.15, 0.2) is 0 Å². The third kappa shape index (κ3) is 3.24. The zero-order chi connectivity index (χ0) is 11.3. The Morgan fingerprint density at radius 3 is 2.33 bits per heavy atom. The molecular weight excluding hydrogens is 194 g/mol. The molecule has 1 aliphatic rings. The van der Waals surface area contributed by atoms with Crippen molar-refractivity contribution in [2.24, 2.45) is 0 Å². The van der Waals surface area contributed by atoms with E-state index < -0.39 is 4.65 Å². The minimum Gasteiger partial charge on any atom is -0.288 e. The maximum Gasteiger partial charge on any atom is 0.359 e. The van der Waals surface area contributed by atoms with Gasteiger partial charge < -0.3 is 0 Å². The Morgan fingerprint density at radius 1 is 1.33 bits per heavy atom. The van der Waals surface area contributed by atoms with Crippen LogP contribution in [-0.2, 0) is 4.79 Å². The lowest BCUT2D eigenvalue weighted by Gasteiger charge is -2.30. The highest BCUT2D eigenvalue weighted by atomic mass is 16.6. The average Bonchev–Trinajstić information content (AvgIpc) is 2.29. The van der Waals surface area contributed by atoms with Crippen molar-refractivity contribution >= 4 is 5.91 Å². The highest BCUT2D eigenvalue weighted by Gasteiger charge is 2.33. The van der Waals surface area contributed by atoms with Crippen LogP contribution in [0.25, 0.3) is 0 Å². The Bertz CT molecular complexity index is 211. The summed E-state index contributed by atoms with van der Waals surface area (Å²) in [5, 5.41) is 14.2. The Morgan fingerprint density at radius 2 is 1.87 bits per heavy atom. The normalized spacial score (nSPS) is 19.1. The van der Waals surface area contributed by atoms with Gasteiger partial charge in [-0.1, -0.05) is 0 Å². The van der Waals surface area contributed by atoms with Gasteiger partial charge in [0.05, 0.1) is 0 Å². The van der Waals surface area contributed by atoms with Crippen LogP contribution in [0.2, 0.25) is 0 Å². The lowest BCUT2D eigenvalue weighted by Crippen LogP contribution is -2.55. The van der Waals surface area contributed by atoms with Crippen molar-refractivity contribution in [2.45, 2.75) is 13.8 Å². The summed E-state index contributed by atoms with van der Waals surface area (Å²) in [4.78, 5) is 13.9. The summed E-state index contributed by atoms with van der Waals surface area (Å²) in [6.45, 7) is 8.14. The zero-order valence-electron chi connectivity index (χ0n) is 9.65. The standard InChI is InChI=1S/C10H21N3O2/c1-3-13(15,4-2)10(14)9-12-7-5-11-6-8-12/h15H,3-9H2,1-2H3/q+1. The summed E-state index contributed by atoms with van der Waals surface area (Å²) in [6.07, 6.45) is 0. The fourth-order valence-corrected chi connectivity index (χ4v) is 1.71. The lowest BCUT2D eigenvalue weighted by atomic mass is 10.3. The Kier molecular flexibility index (Phi) is 4.66. The third-order valence-electron chi connectivity index (χ3n) is 3.02. The predicted octanol–water partition coefficient (Wildman–Crippen LogP) is -0.321. The number of carbonyl (C=O) groups excluding carboxylic acids is 1. The quantitative estimate of drug-likeness (QED) is 0.397.